The summed E-state index contributed by atoms with van der Waals surface area (Å²) in [4.78, 5) is 3.59. The van der Waals surface area contributed by atoms with E-state index in [1.807, 2.05) is 0 Å². The molecule has 1 unspecified atom stereocenters. The summed E-state index contributed by atoms with van der Waals surface area (Å²) in [7, 11) is 1.42. The molecule has 88 valence electrons. The van der Waals surface area contributed by atoms with Crippen molar-refractivity contribution in [1.82, 2.24) is 0 Å². The van der Waals surface area contributed by atoms with Crippen LogP contribution in [0.4, 0.5) is 4.39 Å². The zero-order chi connectivity index (χ0) is 12.7. The molecule has 4 heteroatoms. The number of hydrogen-bond donors (Lipinski definition) is 0. The van der Waals surface area contributed by atoms with Gasteiger partial charge in [-0.25, -0.2) is 4.39 Å². The first-order valence-electron chi connectivity index (χ1n) is 4.51. The van der Waals surface area contributed by atoms with Crippen molar-refractivity contribution in [2.75, 3.05) is 7.11 Å². The average molecular weight is 244 g/mol. The fraction of sp³-hybridized carbons (Fsp3) is 0.250. The molecule has 0 spiro atoms. The monoisotopic (exact) mass is 243 g/mol. The fourth-order valence-corrected chi connectivity index (χ4v) is 1.05. The number of nitrogens with zero attached hydrogens (tertiary/aromatic N) is 1. The third kappa shape index (κ3) is 5.05. The van der Waals surface area contributed by atoms with Crippen molar-refractivity contribution < 1.29 is 9.13 Å². The van der Waals surface area contributed by atoms with Gasteiger partial charge in [0.05, 0.1) is 5.70 Å². The minimum atomic E-state index is -0.657. The molecule has 0 bridgehead atoms. The maximum Gasteiger partial charge on any atom is 0.122 e. The first-order valence-corrected chi connectivity index (χ1v) is 4.88. The van der Waals surface area contributed by atoms with E-state index in [2.05, 4.69) is 24.9 Å². The van der Waals surface area contributed by atoms with Gasteiger partial charge in [0.15, 0.2) is 0 Å². The van der Waals surface area contributed by atoms with Gasteiger partial charge in [0.25, 0.3) is 0 Å². The Bertz CT molecular complexity index is 358. The summed E-state index contributed by atoms with van der Waals surface area (Å²) in [6.45, 7) is 12.1. The molecule has 0 aliphatic heterocycles. The summed E-state index contributed by atoms with van der Waals surface area (Å²) in [5.74, 6) is -0.490. The van der Waals surface area contributed by atoms with Crippen LogP contribution < -0.4 is 0 Å². The average Bonchev–Trinajstić information content (AvgIpc) is 2.23. The summed E-state index contributed by atoms with van der Waals surface area (Å²) in [5.41, 5.74) is 1.00. The highest BCUT2D eigenvalue weighted by atomic mass is 35.5. The normalized spacial score (nSPS) is 14.5. The number of hydrogen-bond acceptors (Lipinski definition) is 2. The maximum atomic E-state index is 13.4. The van der Waals surface area contributed by atoms with Gasteiger partial charge in [-0.1, -0.05) is 24.8 Å². The Morgan fingerprint density at radius 3 is 2.44 bits per heavy atom. The van der Waals surface area contributed by atoms with Crippen molar-refractivity contribution in [3.63, 3.8) is 0 Å². The molecule has 0 saturated heterocycles. The van der Waals surface area contributed by atoms with Crippen molar-refractivity contribution >= 4 is 18.3 Å². The number of halogens is 2. The molecule has 0 rings (SSSR count). The van der Waals surface area contributed by atoms with Crippen LogP contribution >= 0.6 is 11.6 Å². The molecular weight excluding hydrogens is 229 g/mol. The molecule has 1 atom stereocenters. The zero-order valence-electron chi connectivity index (χ0n) is 9.46. The second kappa shape index (κ2) is 7.14. The Balaban J connectivity index is 4.85. The van der Waals surface area contributed by atoms with Gasteiger partial charge >= 0.3 is 0 Å². The van der Waals surface area contributed by atoms with E-state index in [1.54, 1.807) is 6.92 Å². The van der Waals surface area contributed by atoms with Gasteiger partial charge in [-0.3, -0.25) is 4.99 Å². The van der Waals surface area contributed by atoms with Crippen LogP contribution in [0.5, 0.6) is 0 Å². The van der Waals surface area contributed by atoms with E-state index in [4.69, 9.17) is 16.3 Å². The molecule has 0 heterocycles. The summed E-state index contributed by atoms with van der Waals surface area (Å²) in [6, 6.07) is 0. The topological polar surface area (TPSA) is 21.6 Å². The lowest BCUT2D eigenvalue weighted by atomic mass is 10.2. The highest BCUT2D eigenvalue weighted by Gasteiger charge is 2.07. The molecule has 0 N–H and O–H groups in total. The minimum Gasteiger partial charge on any atom is -0.372 e. The molecule has 0 amide bonds. The summed E-state index contributed by atoms with van der Waals surface area (Å²) < 4.78 is 18.4. The smallest absolute Gasteiger partial charge is 0.122 e. The molecule has 0 aromatic heterocycles. The largest absolute Gasteiger partial charge is 0.372 e. The van der Waals surface area contributed by atoms with Gasteiger partial charge in [0, 0.05) is 12.1 Å². The van der Waals surface area contributed by atoms with Crippen molar-refractivity contribution in [3.05, 3.63) is 47.4 Å². The van der Waals surface area contributed by atoms with Gasteiger partial charge in [-0.15, -0.1) is 0 Å². The SMILES string of the molecule is C=NC(=C)/C(C)=C/C(F)=CC(OC)C(=C)Cl. The van der Waals surface area contributed by atoms with Gasteiger partial charge in [-0.05, 0) is 31.4 Å². The van der Waals surface area contributed by atoms with Gasteiger partial charge in [0.1, 0.15) is 11.9 Å². The van der Waals surface area contributed by atoms with Crippen molar-refractivity contribution in [2.24, 2.45) is 4.99 Å². The number of rotatable bonds is 6. The molecule has 0 aromatic carbocycles. The fourth-order valence-electron chi connectivity index (χ4n) is 0.894. The molecule has 0 aromatic rings. The molecule has 0 saturated carbocycles. The van der Waals surface area contributed by atoms with Crippen LogP contribution in [0.2, 0.25) is 0 Å². The Labute approximate surface area is 100 Å². The van der Waals surface area contributed by atoms with Gasteiger partial charge in [0.2, 0.25) is 0 Å². The summed E-state index contributed by atoms with van der Waals surface area (Å²) >= 11 is 5.62. The molecular formula is C12H15ClFNO. The molecule has 0 radical (unpaired) electrons. The van der Waals surface area contributed by atoms with E-state index in [-0.39, 0.29) is 5.03 Å². The van der Waals surface area contributed by atoms with Crippen LogP contribution in [-0.4, -0.2) is 19.9 Å². The van der Waals surface area contributed by atoms with Crippen LogP contribution in [0.25, 0.3) is 0 Å². The molecule has 2 nitrogen and oxygen atoms in total. The number of allylic oxidation sites excluding steroid dienone is 3. The second-order valence-electron chi connectivity index (χ2n) is 3.09. The number of aliphatic imine (C=N–C) groups is 1. The lowest BCUT2D eigenvalue weighted by Crippen LogP contribution is -2.06. The highest BCUT2D eigenvalue weighted by molar-refractivity contribution is 6.30. The Kier molecular flexibility index (Phi) is 6.61. The van der Waals surface area contributed by atoms with Crippen LogP contribution in [0, 0.1) is 0 Å². The van der Waals surface area contributed by atoms with E-state index in [9.17, 15) is 4.39 Å². The number of methoxy groups -OCH3 is 1. The summed E-state index contributed by atoms with van der Waals surface area (Å²) in [6.07, 6.45) is 1.84. The van der Waals surface area contributed by atoms with E-state index in [0.717, 1.165) is 0 Å². The third-order valence-corrected chi connectivity index (χ3v) is 2.09. The predicted molar refractivity (Wildman–Crippen MR) is 67.4 cm³/mol. The van der Waals surface area contributed by atoms with Crippen LogP contribution in [0.15, 0.2) is 52.4 Å². The summed E-state index contributed by atoms with van der Waals surface area (Å²) in [5, 5.41) is 0.212. The molecule has 16 heavy (non-hydrogen) atoms. The first-order chi connectivity index (χ1) is 7.42. The first kappa shape index (κ1) is 14.8. The second-order valence-corrected chi connectivity index (χ2v) is 3.57. The van der Waals surface area contributed by atoms with E-state index >= 15 is 0 Å². The Morgan fingerprint density at radius 1 is 1.50 bits per heavy atom. The lowest BCUT2D eigenvalue weighted by Gasteiger charge is -2.08. The lowest BCUT2D eigenvalue weighted by molar-refractivity contribution is 0.173. The van der Waals surface area contributed by atoms with Crippen molar-refractivity contribution in [1.29, 1.82) is 0 Å². The predicted octanol–water partition coefficient (Wildman–Crippen LogP) is 3.77. The highest BCUT2D eigenvalue weighted by Crippen LogP contribution is 2.16. The standard InChI is InChI=1S/C12H15ClFNO/c1-8(10(3)15-4)6-11(14)7-12(16-5)9(2)13/h6-7,12H,2-4H2,1,5H3/b8-6+,11-7?. The van der Waals surface area contributed by atoms with Gasteiger partial charge < -0.3 is 4.74 Å². The van der Waals surface area contributed by atoms with E-state index in [1.165, 1.54) is 19.3 Å². The molecule has 0 aliphatic rings. The Hall–Kier alpha value is -1.19. The minimum absolute atomic E-state index is 0.212. The van der Waals surface area contributed by atoms with Crippen LogP contribution in [0.3, 0.4) is 0 Å². The van der Waals surface area contributed by atoms with Gasteiger partial charge in [-0.2, -0.15) is 0 Å². The van der Waals surface area contributed by atoms with E-state index < -0.39 is 11.9 Å². The van der Waals surface area contributed by atoms with Crippen LogP contribution in [0.1, 0.15) is 6.92 Å². The van der Waals surface area contributed by atoms with Crippen LogP contribution in [-0.2, 0) is 4.74 Å². The van der Waals surface area contributed by atoms with Crippen molar-refractivity contribution in [2.45, 2.75) is 13.0 Å². The Morgan fingerprint density at radius 2 is 2.06 bits per heavy atom. The zero-order valence-corrected chi connectivity index (χ0v) is 10.2. The third-order valence-electron chi connectivity index (χ3n) is 1.87. The number of ether oxygens (including phenoxy) is 1. The molecule has 0 aliphatic carbocycles. The van der Waals surface area contributed by atoms with E-state index in [0.29, 0.717) is 11.3 Å². The van der Waals surface area contributed by atoms with Crippen molar-refractivity contribution in [3.8, 4) is 0 Å². The molecule has 0 fully saturated rings. The maximum absolute atomic E-state index is 13.4. The quantitative estimate of drug-likeness (QED) is 0.514.